The molecule has 0 unspecified atom stereocenters. The lowest BCUT2D eigenvalue weighted by Crippen LogP contribution is -2.39. The number of aryl methyl sites for hydroxylation is 1. The Balaban J connectivity index is 1.71. The van der Waals surface area contributed by atoms with Crippen LogP contribution in [-0.4, -0.2) is 31.4 Å². The number of hydrogen-bond acceptors (Lipinski definition) is 6. The number of carboxylic acids is 1. The number of carbonyl (C=O) groups is 2. The fourth-order valence-corrected chi connectivity index (χ4v) is 5.47. The Bertz CT molecular complexity index is 1530. The zero-order chi connectivity index (χ0) is 27.6. The second kappa shape index (κ2) is 10.9. The highest BCUT2D eigenvalue weighted by Gasteiger charge is 2.24. The van der Waals surface area contributed by atoms with Crippen LogP contribution in [0.1, 0.15) is 40.7 Å². The van der Waals surface area contributed by atoms with Gasteiger partial charge in [0.1, 0.15) is 10.7 Å². The van der Waals surface area contributed by atoms with Crippen LogP contribution in [0.2, 0.25) is 5.02 Å². The number of nitrogen functional groups attached to an aromatic ring is 1. The molecule has 0 heterocycles. The standard InChI is InChI=1S/C26H25ClFN3O6S/c1-14-5-8-24(18(27)9-14)38(35,36)31-21-11-15(26(34)30-17-3-2-4-17)6-7-22(21)37-23-13-19(28)16(10-20(23)29)12-25(32)33/h5-11,13,17,31H,2-4,12,29H2,1H3,(H,30,34)(H,32,33). The third kappa shape index (κ3) is 6.17. The van der Waals surface area contributed by atoms with Crippen molar-refractivity contribution in [2.75, 3.05) is 10.5 Å². The van der Waals surface area contributed by atoms with Gasteiger partial charge in [0.15, 0.2) is 11.5 Å². The maximum Gasteiger partial charge on any atom is 0.307 e. The average Bonchev–Trinajstić information content (AvgIpc) is 2.79. The van der Waals surface area contributed by atoms with Crippen molar-refractivity contribution < 1.29 is 32.2 Å². The van der Waals surface area contributed by atoms with Crippen molar-refractivity contribution in [3.63, 3.8) is 0 Å². The van der Waals surface area contributed by atoms with Gasteiger partial charge in [0.05, 0.1) is 22.8 Å². The Hall–Kier alpha value is -3.83. The number of sulfonamides is 1. The van der Waals surface area contributed by atoms with Crippen molar-refractivity contribution >= 4 is 44.9 Å². The summed E-state index contributed by atoms with van der Waals surface area (Å²) >= 11 is 6.19. The van der Waals surface area contributed by atoms with Gasteiger partial charge in [0.25, 0.3) is 15.9 Å². The van der Waals surface area contributed by atoms with Crippen LogP contribution in [0.4, 0.5) is 15.8 Å². The van der Waals surface area contributed by atoms with Gasteiger partial charge in [0, 0.05) is 23.2 Å². The molecule has 3 aromatic rings. The summed E-state index contributed by atoms with van der Waals surface area (Å²) in [4.78, 5) is 23.5. The lowest BCUT2D eigenvalue weighted by atomic mass is 9.93. The second-order valence-corrected chi connectivity index (χ2v) is 11.1. The largest absolute Gasteiger partial charge is 0.481 e. The number of rotatable bonds is 9. The molecule has 5 N–H and O–H groups in total. The number of hydrogen-bond donors (Lipinski definition) is 4. The maximum absolute atomic E-state index is 14.5. The van der Waals surface area contributed by atoms with E-state index in [9.17, 15) is 22.4 Å². The predicted octanol–water partition coefficient (Wildman–Crippen LogP) is 4.87. The number of aliphatic carboxylic acids is 1. The lowest BCUT2D eigenvalue weighted by molar-refractivity contribution is -0.136. The van der Waals surface area contributed by atoms with Crippen molar-refractivity contribution in [3.05, 3.63) is 76.1 Å². The van der Waals surface area contributed by atoms with E-state index in [2.05, 4.69) is 10.0 Å². The molecule has 1 aliphatic rings. The molecule has 38 heavy (non-hydrogen) atoms. The molecular weight excluding hydrogens is 537 g/mol. The van der Waals surface area contributed by atoms with E-state index in [-0.39, 0.29) is 50.0 Å². The fourth-order valence-electron chi connectivity index (χ4n) is 3.81. The van der Waals surface area contributed by atoms with Crippen LogP contribution in [0.25, 0.3) is 0 Å². The summed E-state index contributed by atoms with van der Waals surface area (Å²) in [5, 5.41) is 11.8. The number of carboxylic acid groups (broad SMARTS) is 1. The van der Waals surface area contributed by atoms with E-state index < -0.39 is 34.1 Å². The van der Waals surface area contributed by atoms with E-state index in [1.807, 2.05) is 0 Å². The van der Waals surface area contributed by atoms with Crippen molar-refractivity contribution in [3.8, 4) is 11.5 Å². The molecule has 1 fully saturated rings. The molecule has 9 nitrogen and oxygen atoms in total. The Morgan fingerprint density at radius 3 is 2.50 bits per heavy atom. The lowest BCUT2D eigenvalue weighted by Gasteiger charge is -2.26. The zero-order valence-corrected chi connectivity index (χ0v) is 21.8. The third-order valence-electron chi connectivity index (χ3n) is 6.04. The van der Waals surface area contributed by atoms with Gasteiger partial charge in [-0.2, -0.15) is 0 Å². The van der Waals surface area contributed by atoms with Gasteiger partial charge < -0.3 is 20.9 Å². The normalized spacial score (nSPS) is 13.4. The molecular formula is C26H25ClFN3O6S. The van der Waals surface area contributed by atoms with E-state index in [0.717, 1.165) is 37.0 Å². The van der Waals surface area contributed by atoms with E-state index in [1.165, 1.54) is 30.3 Å². The number of benzene rings is 3. The van der Waals surface area contributed by atoms with Crippen molar-refractivity contribution in [1.82, 2.24) is 5.32 Å². The van der Waals surface area contributed by atoms with E-state index in [0.29, 0.717) is 0 Å². The van der Waals surface area contributed by atoms with Crippen molar-refractivity contribution in [2.24, 2.45) is 0 Å². The molecule has 0 aliphatic heterocycles. The van der Waals surface area contributed by atoms with Crippen molar-refractivity contribution in [2.45, 2.75) is 43.5 Å². The van der Waals surface area contributed by atoms with Crippen LogP contribution >= 0.6 is 11.6 Å². The Labute approximate surface area is 223 Å². The highest BCUT2D eigenvalue weighted by molar-refractivity contribution is 7.92. The molecule has 0 radical (unpaired) electrons. The van der Waals surface area contributed by atoms with E-state index in [1.54, 1.807) is 13.0 Å². The summed E-state index contributed by atoms with van der Waals surface area (Å²) in [7, 11) is -4.24. The number of halogens is 2. The Kier molecular flexibility index (Phi) is 7.79. The summed E-state index contributed by atoms with van der Waals surface area (Å²) in [6.45, 7) is 1.76. The first kappa shape index (κ1) is 27.2. The molecule has 3 aromatic carbocycles. The first-order valence-corrected chi connectivity index (χ1v) is 13.5. The molecule has 200 valence electrons. The smallest absolute Gasteiger partial charge is 0.307 e. The number of nitrogens with two attached hydrogens (primary N) is 1. The van der Waals surface area contributed by atoms with Gasteiger partial charge in [-0.3, -0.25) is 14.3 Å². The monoisotopic (exact) mass is 561 g/mol. The van der Waals surface area contributed by atoms with Crippen LogP contribution in [-0.2, 0) is 21.2 Å². The summed E-state index contributed by atoms with van der Waals surface area (Å²) in [5.74, 6) is -2.73. The average molecular weight is 562 g/mol. The molecule has 4 rings (SSSR count). The summed E-state index contributed by atoms with van der Waals surface area (Å²) in [6.07, 6.45) is 2.16. The van der Waals surface area contributed by atoms with Crippen LogP contribution in [0.15, 0.2) is 53.4 Å². The molecule has 0 aromatic heterocycles. The highest BCUT2D eigenvalue weighted by atomic mass is 35.5. The summed E-state index contributed by atoms with van der Waals surface area (Å²) in [5.41, 5.74) is 6.58. The SMILES string of the molecule is Cc1ccc(S(=O)(=O)Nc2cc(C(=O)NC3CCC3)ccc2Oc2cc(F)c(CC(=O)O)cc2N)c(Cl)c1. The summed E-state index contributed by atoms with van der Waals surface area (Å²) < 4.78 is 49.1. The van der Waals surface area contributed by atoms with Crippen LogP contribution in [0.5, 0.6) is 11.5 Å². The van der Waals surface area contributed by atoms with E-state index in [4.69, 9.17) is 27.2 Å². The molecule has 1 aliphatic carbocycles. The number of anilines is 2. The Morgan fingerprint density at radius 2 is 1.87 bits per heavy atom. The molecule has 12 heteroatoms. The molecule has 0 bridgehead atoms. The van der Waals surface area contributed by atoms with Gasteiger partial charge in [-0.05, 0) is 68.1 Å². The molecule has 1 saturated carbocycles. The number of carbonyl (C=O) groups excluding carboxylic acids is 1. The summed E-state index contributed by atoms with van der Waals surface area (Å²) in [6, 6.07) is 10.6. The third-order valence-corrected chi connectivity index (χ3v) is 7.89. The molecule has 0 spiro atoms. The van der Waals surface area contributed by atoms with Gasteiger partial charge in [0.2, 0.25) is 0 Å². The first-order chi connectivity index (χ1) is 17.9. The molecule has 1 amide bonds. The number of ether oxygens (including phenoxy) is 1. The number of amides is 1. The zero-order valence-electron chi connectivity index (χ0n) is 20.3. The number of nitrogens with one attached hydrogen (secondary N) is 2. The van der Waals surface area contributed by atoms with Crippen LogP contribution in [0, 0.1) is 12.7 Å². The molecule has 0 saturated heterocycles. The first-order valence-electron chi connectivity index (χ1n) is 11.6. The van der Waals surface area contributed by atoms with Crippen LogP contribution in [0.3, 0.4) is 0 Å². The minimum Gasteiger partial charge on any atom is -0.481 e. The highest BCUT2D eigenvalue weighted by Crippen LogP contribution is 2.37. The fraction of sp³-hybridized carbons (Fsp3) is 0.231. The minimum atomic E-state index is -4.24. The topological polar surface area (TPSA) is 148 Å². The van der Waals surface area contributed by atoms with Gasteiger partial charge in [-0.15, -0.1) is 0 Å². The minimum absolute atomic E-state index is 0.000755. The van der Waals surface area contributed by atoms with Crippen LogP contribution < -0.4 is 20.5 Å². The van der Waals surface area contributed by atoms with Gasteiger partial charge in [-0.25, -0.2) is 12.8 Å². The Morgan fingerprint density at radius 1 is 1.13 bits per heavy atom. The van der Waals surface area contributed by atoms with Gasteiger partial charge >= 0.3 is 5.97 Å². The van der Waals surface area contributed by atoms with Crippen molar-refractivity contribution in [1.29, 1.82) is 0 Å². The second-order valence-electron chi connectivity index (χ2n) is 9.01. The van der Waals surface area contributed by atoms with Gasteiger partial charge in [-0.1, -0.05) is 17.7 Å². The van der Waals surface area contributed by atoms with E-state index >= 15 is 0 Å². The maximum atomic E-state index is 14.5. The predicted molar refractivity (Wildman–Crippen MR) is 141 cm³/mol. The quantitative estimate of drug-likeness (QED) is 0.272. The molecule has 0 atom stereocenters.